The monoisotopic (exact) mass is 319 g/mol. The van der Waals surface area contributed by atoms with E-state index in [0.717, 1.165) is 5.56 Å². The van der Waals surface area contributed by atoms with Crippen molar-refractivity contribution in [3.05, 3.63) is 54.0 Å². The average Bonchev–Trinajstić information content (AvgIpc) is 3.10. The summed E-state index contributed by atoms with van der Waals surface area (Å²) in [5.74, 6) is 0.0656. The molecule has 0 atom stereocenters. The van der Waals surface area contributed by atoms with Crippen LogP contribution in [0.15, 0.2) is 52.3 Å². The topological polar surface area (TPSA) is 103 Å². The summed E-state index contributed by atoms with van der Waals surface area (Å²) in [6, 6.07) is 9.63. The van der Waals surface area contributed by atoms with Crippen molar-refractivity contribution in [2.24, 2.45) is 0 Å². The number of nitrogens with one attached hydrogen (secondary N) is 1. The van der Waals surface area contributed by atoms with Crippen LogP contribution in [0.25, 0.3) is 0 Å². The first kappa shape index (κ1) is 14.3. The van der Waals surface area contributed by atoms with Gasteiger partial charge in [-0.25, -0.2) is 13.0 Å². The van der Waals surface area contributed by atoms with Gasteiger partial charge in [0, 0.05) is 6.20 Å². The molecule has 0 spiro atoms. The van der Waals surface area contributed by atoms with E-state index in [1.165, 1.54) is 12.4 Å². The van der Waals surface area contributed by atoms with Crippen LogP contribution in [0.5, 0.6) is 0 Å². The standard InChI is InChI=1S/C13H13N5O3S/c1-10-13(16-21-15-10)17-22(19,20)12-7-14-18(9-12)8-11-5-3-2-4-6-11/h2-7,9H,8H2,1H3,(H,16,17). The summed E-state index contributed by atoms with van der Waals surface area (Å²) in [5, 5.41) is 11.1. The van der Waals surface area contributed by atoms with Gasteiger partial charge in [-0.15, -0.1) is 0 Å². The first-order valence-corrected chi connectivity index (χ1v) is 7.91. The molecule has 0 saturated heterocycles. The summed E-state index contributed by atoms with van der Waals surface area (Å²) >= 11 is 0. The Kier molecular flexibility index (Phi) is 3.63. The molecule has 2 heterocycles. The summed E-state index contributed by atoms with van der Waals surface area (Å²) in [6.07, 6.45) is 2.74. The van der Waals surface area contributed by atoms with Crippen molar-refractivity contribution in [1.82, 2.24) is 20.1 Å². The Morgan fingerprint density at radius 3 is 2.68 bits per heavy atom. The van der Waals surface area contributed by atoms with E-state index in [2.05, 4.69) is 24.8 Å². The van der Waals surface area contributed by atoms with Gasteiger partial charge in [0.05, 0.1) is 12.7 Å². The number of sulfonamides is 1. The molecule has 0 unspecified atom stereocenters. The smallest absolute Gasteiger partial charge is 0.266 e. The lowest BCUT2D eigenvalue weighted by molar-refractivity contribution is 0.306. The van der Waals surface area contributed by atoms with Gasteiger partial charge in [0.25, 0.3) is 10.0 Å². The molecule has 2 aromatic heterocycles. The first-order chi connectivity index (χ1) is 10.5. The maximum atomic E-state index is 12.2. The lowest BCUT2D eigenvalue weighted by atomic mass is 10.2. The van der Waals surface area contributed by atoms with E-state index in [-0.39, 0.29) is 10.7 Å². The predicted octanol–water partition coefficient (Wildman–Crippen LogP) is 1.42. The van der Waals surface area contributed by atoms with E-state index in [9.17, 15) is 8.42 Å². The fourth-order valence-electron chi connectivity index (χ4n) is 1.85. The highest BCUT2D eigenvalue weighted by Gasteiger charge is 2.20. The molecule has 0 amide bonds. The number of aryl methyl sites for hydroxylation is 1. The lowest BCUT2D eigenvalue weighted by Gasteiger charge is -2.02. The van der Waals surface area contributed by atoms with Gasteiger partial charge < -0.3 is 0 Å². The summed E-state index contributed by atoms with van der Waals surface area (Å²) in [4.78, 5) is 0.0471. The molecule has 0 saturated carbocycles. The van der Waals surface area contributed by atoms with E-state index in [1.807, 2.05) is 30.3 Å². The normalized spacial score (nSPS) is 11.5. The molecule has 1 N–H and O–H groups in total. The number of aromatic nitrogens is 4. The minimum Gasteiger partial charge on any atom is -0.267 e. The molecule has 3 aromatic rings. The summed E-state index contributed by atoms with van der Waals surface area (Å²) in [7, 11) is -3.77. The molecular formula is C13H13N5O3S. The van der Waals surface area contributed by atoms with E-state index < -0.39 is 10.0 Å². The van der Waals surface area contributed by atoms with Crippen LogP contribution in [0.3, 0.4) is 0 Å². The molecule has 22 heavy (non-hydrogen) atoms. The fourth-order valence-corrected chi connectivity index (χ4v) is 2.85. The minimum atomic E-state index is -3.77. The van der Waals surface area contributed by atoms with Crippen LogP contribution in [0, 0.1) is 6.92 Å². The molecule has 0 aliphatic carbocycles. The van der Waals surface area contributed by atoms with Crippen LogP contribution < -0.4 is 4.72 Å². The van der Waals surface area contributed by atoms with Gasteiger partial charge in [-0.1, -0.05) is 35.5 Å². The zero-order chi connectivity index (χ0) is 15.6. The van der Waals surface area contributed by atoms with Gasteiger partial charge >= 0.3 is 0 Å². The molecule has 1 aromatic carbocycles. The van der Waals surface area contributed by atoms with Gasteiger partial charge in [-0.2, -0.15) is 5.10 Å². The molecule has 0 fully saturated rings. The summed E-state index contributed by atoms with van der Waals surface area (Å²) < 4.78 is 32.8. The SMILES string of the molecule is Cc1nonc1NS(=O)(=O)c1cnn(Cc2ccccc2)c1. The highest BCUT2D eigenvalue weighted by molar-refractivity contribution is 7.92. The van der Waals surface area contributed by atoms with Crippen molar-refractivity contribution < 1.29 is 13.0 Å². The largest absolute Gasteiger partial charge is 0.267 e. The van der Waals surface area contributed by atoms with Crippen LogP contribution in [0.1, 0.15) is 11.3 Å². The second-order valence-corrected chi connectivity index (χ2v) is 6.35. The third-order valence-corrected chi connectivity index (χ3v) is 4.28. The number of nitrogens with zero attached hydrogens (tertiary/aromatic N) is 4. The molecular weight excluding hydrogens is 306 g/mol. The van der Waals surface area contributed by atoms with Crippen LogP contribution in [-0.2, 0) is 16.6 Å². The Morgan fingerprint density at radius 1 is 1.23 bits per heavy atom. The predicted molar refractivity (Wildman–Crippen MR) is 77.6 cm³/mol. The number of hydrogen-bond acceptors (Lipinski definition) is 6. The second-order valence-electron chi connectivity index (χ2n) is 4.66. The van der Waals surface area contributed by atoms with E-state index in [0.29, 0.717) is 12.2 Å². The van der Waals surface area contributed by atoms with Crippen molar-refractivity contribution >= 4 is 15.8 Å². The quantitative estimate of drug-likeness (QED) is 0.763. The average molecular weight is 319 g/mol. The molecule has 9 heteroatoms. The van der Waals surface area contributed by atoms with Gasteiger partial charge in [0.1, 0.15) is 10.6 Å². The van der Waals surface area contributed by atoms with Crippen molar-refractivity contribution in [3.8, 4) is 0 Å². The summed E-state index contributed by atoms with van der Waals surface area (Å²) in [6.45, 7) is 2.08. The third-order valence-electron chi connectivity index (χ3n) is 2.99. The highest BCUT2D eigenvalue weighted by Crippen LogP contribution is 2.16. The maximum absolute atomic E-state index is 12.2. The first-order valence-electron chi connectivity index (χ1n) is 6.43. The van der Waals surface area contributed by atoms with Crippen molar-refractivity contribution in [2.45, 2.75) is 18.4 Å². The fraction of sp³-hybridized carbons (Fsp3) is 0.154. The van der Waals surface area contributed by atoms with Crippen LogP contribution in [0.2, 0.25) is 0 Å². The lowest BCUT2D eigenvalue weighted by Crippen LogP contribution is -2.13. The number of benzene rings is 1. The van der Waals surface area contributed by atoms with Crippen molar-refractivity contribution in [1.29, 1.82) is 0 Å². The molecule has 8 nitrogen and oxygen atoms in total. The highest BCUT2D eigenvalue weighted by atomic mass is 32.2. The van der Waals surface area contributed by atoms with Crippen LogP contribution in [-0.4, -0.2) is 28.5 Å². The second kappa shape index (κ2) is 5.60. The van der Waals surface area contributed by atoms with Crippen molar-refractivity contribution in [3.63, 3.8) is 0 Å². The van der Waals surface area contributed by atoms with Crippen LogP contribution >= 0.6 is 0 Å². The zero-order valence-electron chi connectivity index (χ0n) is 11.7. The van der Waals surface area contributed by atoms with Gasteiger partial charge in [0.2, 0.25) is 5.82 Å². The van der Waals surface area contributed by atoms with Crippen LogP contribution in [0.4, 0.5) is 5.82 Å². The summed E-state index contributed by atoms with van der Waals surface area (Å²) in [5.41, 5.74) is 1.39. The number of rotatable bonds is 5. The van der Waals surface area contributed by atoms with Crippen molar-refractivity contribution in [2.75, 3.05) is 4.72 Å². The Labute approximate surface area is 126 Å². The molecule has 0 aliphatic heterocycles. The number of hydrogen-bond donors (Lipinski definition) is 1. The Morgan fingerprint density at radius 2 is 2.00 bits per heavy atom. The minimum absolute atomic E-state index is 0.0471. The number of anilines is 1. The molecule has 0 bridgehead atoms. The molecule has 3 rings (SSSR count). The third kappa shape index (κ3) is 2.98. The van der Waals surface area contributed by atoms with Gasteiger partial charge in [-0.3, -0.25) is 9.40 Å². The van der Waals surface area contributed by atoms with E-state index >= 15 is 0 Å². The molecule has 0 radical (unpaired) electrons. The Bertz CT molecular complexity index is 870. The van der Waals surface area contributed by atoms with E-state index in [1.54, 1.807) is 11.6 Å². The molecule has 0 aliphatic rings. The van der Waals surface area contributed by atoms with E-state index in [4.69, 9.17) is 0 Å². The zero-order valence-corrected chi connectivity index (χ0v) is 12.5. The maximum Gasteiger partial charge on any atom is 0.266 e. The Hall–Kier alpha value is -2.68. The van der Waals surface area contributed by atoms with Gasteiger partial charge in [0.15, 0.2) is 0 Å². The molecule has 114 valence electrons. The van der Waals surface area contributed by atoms with Gasteiger partial charge in [-0.05, 0) is 17.6 Å². The Balaban J connectivity index is 1.79.